The normalized spacial score (nSPS) is 18.6. The van der Waals surface area contributed by atoms with Gasteiger partial charge in [-0.1, -0.05) is 0 Å². The zero-order valence-corrected chi connectivity index (χ0v) is 14.8. The number of hydrogen-bond donors (Lipinski definition) is 1. The highest BCUT2D eigenvalue weighted by Gasteiger charge is 2.32. The Morgan fingerprint density at radius 1 is 1.44 bits per heavy atom. The minimum Gasteiger partial charge on any atom is -0.481 e. The first-order chi connectivity index (χ1) is 12.0. The second kappa shape index (κ2) is 7.49. The Morgan fingerprint density at radius 2 is 2.28 bits per heavy atom. The molecule has 1 saturated heterocycles. The molecule has 7 nitrogen and oxygen atoms in total. The molecule has 1 aliphatic rings. The Labute approximate surface area is 147 Å². The van der Waals surface area contributed by atoms with Gasteiger partial charge in [0.1, 0.15) is 5.41 Å². The van der Waals surface area contributed by atoms with Crippen LogP contribution in [0.5, 0.6) is 0 Å². The van der Waals surface area contributed by atoms with Crippen molar-refractivity contribution in [3.05, 3.63) is 29.7 Å². The average molecular weight is 347 g/mol. The largest absolute Gasteiger partial charge is 0.481 e. The molecule has 1 aliphatic heterocycles. The molecule has 7 heteroatoms. The Hall–Kier alpha value is -1.99. The van der Waals surface area contributed by atoms with Crippen LogP contribution in [-0.4, -0.2) is 45.2 Å². The van der Waals surface area contributed by atoms with Crippen LogP contribution in [0.1, 0.15) is 50.9 Å². The van der Waals surface area contributed by atoms with Crippen molar-refractivity contribution >= 4 is 11.6 Å². The summed E-state index contributed by atoms with van der Waals surface area (Å²) in [4.78, 5) is 15.8. The highest BCUT2D eigenvalue weighted by Crippen LogP contribution is 2.22. The molecule has 1 atom stereocenters. The van der Waals surface area contributed by atoms with E-state index in [9.17, 15) is 9.90 Å². The van der Waals surface area contributed by atoms with Crippen molar-refractivity contribution in [1.82, 2.24) is 14.6 Å². The van der Waals surface area contributed by atoms with Gasteiger partial charge in [0.15, 0.2) is 11.9 Å². The molecule has 2 aromatic rings. The smallest absolute Gasteiger partial charge is 0.315 e. The van der Waals surface area contributed by atoms with Crippen LogP contribution in [0.2, 0.25) is 0 Å². The van der Waals surface area contributed by atoms with Crippen LogP contribution in [0.4, 0.5) is 0 Å². The monoisotopic (exact) mass is 347 g/mol. The van der Waals surface area contributed by atoms with Gasteiger partial charge in [-0.25, -0.2) is 9.50 Å². The standard InChI is InChI=1S/C18H25N3O4/c1-18(2,17(22)23)14-12-21-15(19-14)9-8-13(20-21)6-5-11-25-16-7-3-4-10-24-16/h8-9,12,16H,3-7,10-11H2,1-2H3,(H,22,23). The number of ether oxygens (including phenoxy) is 2. The molecule has 0 aromatic carbocycles. The predicted octanol–water partition coefficient (Wildman–Crippen LogP) is 2.57. The van der Waals surface area contributed by atoms with Gasteiger partial charge in [-0.3, -0.25) is 4.79 Å². The number of carboxylic acid groups (broad SMARTS) is 1. The summed E-state index contributed by atoms with van der Waals surface area (Å²) >= 11 is 0. The molecule has 136 valence electrons. The van der Waals surface area contributed by atoms with Crippen LogP contribution in [0.3, 0.4) is 0 Å². The van der Waals surface area contributed by atoms with E-state index >= 15 is 0 Å². The maximum absolute atomic E-state index is 11.4. The molecule has 2 aromatic heterocycles. The Bertz CT molecular complexity index is 735. The SMILES string of the molecule is CC(C)(C(=O)O)c1cn2nc(CCCOC3CCCCO3)ccc2n1. The van der Waals surface area contributed by atoms with Crippen molar-refractivity contribution in [1.29, 1.82) is 0 Å². The molecule has 0 spiro atoms. The number of carboxylic acids is 1. The molecule has 0 bridgehead atoms. The van der Waals surface area contributed by atoms with Crippen molar-refractivity contribution in [2.24, 2.45) is 0 Å². The summed E-state index contributed by atoms with van der Waals surface area (Å²) in [6.45, 7) is 4.72. The molecular weight excluding hydrogens is 322 g/mol. The molecule has 1 unspecified atom stereocenters. The molecule has 0 aliphatic carbocycles. The second-order valence-electron chi connectivity index (χ2n) is 6.95. The Kier molecular flexibility index (Phi) is 5.34. The summed E-state index contributed by atoms with van der Waals surface area (Å²) in [5.74, 6) is -0.904. The highest BCUT2D eigenvalue weighted by molar-refractivity contribution is 5.79. The van der Waals surface area contributed by atoms with Crippen molar-refractivity contribution in [3.8, 4) is 0 Å². The van der Waals surface area contributed by atoms with Gasteiger partial charge in [0.05, 0.1) is 24.2 Å². The van der Waals surface area contributed by atoms with E-state index in [0.717, 1.165) is 38.0 Å². The highest BCUT2D eigenvalue weighted by atomic mass is 16.7. The van der Waals surface area contributed by atoms with E-state index < -0.39 is 11.4 Å². The zero-order valence-electron chi connectivity index (χ0n) is 14.8. The van der Waals surface area contributed by atoms with Gasteiger partial charge in [-0.15, -0.1) is 0 Å². The number of carbonyl (C=O) groups is 1. The molecule has 0 radical (unpaired) electrons. The van der Waals surface area contributed by atoms with Crippen LogP contribution < -0.4 is 0 Å². The molecule has 3 heterocycles. The van der Waals surface area contributed by atoms with Crippen molar-refractivity contribution in [2.75, 3.05) is 13.2 Å². The van der Waals surface area contributed by atoms with Crippen LogP contribution in [0.15, 0.2) is 18.3 Å². The number of rotatable bonds is 7. The summed E-state index contributed by atoms with van der Waals surface area (Å²) in [6, 6.07) is 3.80. The topological polar surface area (TPSA) is 86.0 Å². The summed E-state index contributed by atoms with van der Waals surface area (Å²) in [5, 5.41) is 13.9. The van der Waals surface area contributed by atoms with E-state index in [2.05, 4.69) is 10.1 Å². The van der Waals surface area contributed by atoms with E-state index in [-0.39, 0.29) is 6.29 Å². The fourth-order valence-electron chi connectivity index (χ4n) is 2.78. The van der Waals surface area contributed by atoms with E-state index in [4.69, 9.17) is 9.47 Å². The van der Waals surface area contributed by atoms with E-state index in [1.807, 2.05) is 12.1 Å². The van der Waals surface area contributed by atoms with Gasteiger partial charge in [0.25, 0.3) is 0 Å². The lowest BCUT2D eigenvalue weighted by molar-refractivity contribution is -0.162. The number of aryl methyl sites for hydroxylation is 1. The number of fused-ring (bicyclic) bond motifs is 1. The lowest BCUT2D eigenvalue weighted by atomic mass is 9.90. The predicted molar refractivity (Wildman–Crippen MR) is 91.5 cm³/mol. The summed E-state index contributed by atoms with van der Waals surface area (Å²) in [6.07, 6.45) is 6.55. The van der Waals surface area contributed by atoms with E-state index in [1.165, 1.54) is 6.42 Å². The molecule has 1 N–H and O–H groups in total. The first-order valence-corrected chi connectivity index (χ1v) is 8.79. The summed E-state index contributed by atoms with van der Waals surface area (Å²) in [5.41, 5.74) is 1.04. The summed E-state index contributed by atoms with van der Waals surface area (Å²) in [7, 11) is 0. The van der Waals surface area contributed by atoms with Crippen molar-refractivity contribution < 1.29 is 19.4 Å². The lowest BCUT2D eigenvalue weighted by Crippen LogP contribution is -2.28. The van der Waals surface area contributed by atoms with E-state index in [1.54, 1.807) is 24.6 Å². The fraction of sp³-hybridized carbons (Fsp3) is 0.611. The van der Waals surface area contributed by atoms with E-state index in [0.29, 0.717) is 17.9 Å². The summed E-state index contributed by atoms with van der Waals surface area (Å²) < 4.78 is 12.9. The first-order valence-electron chi connectivity index (χ1n) is 8.79. The number of hydrogen-bond acceptors (Lipinski definition) is 5. The third kappa shape index (κ3) is 4.16. The minimum atomic E-state index is -1.04. The lowest BCUT2D eigenvalue weighted by Gasteiger charge is -2.22. The number of imidazole rings is 1. The molecular formula is C18H25N3O4. The molecule has 0 amide bonds. The van der Waals surface area contributed by atoms with Gasteiger partial charge in [0.2, 0.25) is 0 Å². The minimum absolute atomic E-state index is 0.0568. The van der Waals surface area contributed by atoms with Gasteiger partial charge in [0, 0.05) is 6.61 Å². The maximum Gasteiger partial charge on any atom is 0.315 e. The molecule has 1 fully saturated rings. The van der Waals surface area contributed by atoms with Gasteiger partial charge >= 0.3 is 5.97 Å². The maximum atomic E-state index is 11.4. The van der Waals surface area contributed by atoms with Crippen LogP contribution in [0, 0.1) is 0 Å². The van der Waals surface area contributed by atoms with Crippen molar-refractivity contribution in [2.45, 2.75) is 57.7 Å². The van der Waals surface area contributed by atoms with Gasteiger partial charge < -0.3 is 14.6 Å². The van der Waals surface area contributed by atoms with Gasteiger partial charge in [-0.2, -0.15) is 5.10 Å². The average Bonchev–Trinajstić information content (AvgIpc) is 3.03. The quantitative estimate of drug-likeness (QED) is 0.775. The van der Waals surface area contributed by atoms with Crippen LogP contribution >= 0.6 is 0 Å². The molecule has 0 saturated carbocycles. The van der Waals surface area contributed by atoms with Crippen LogP contribution in [-0.2, 0) is 26.1 Å². The molecule has 3 rings (SSSR count). The Balaban J connectivity index is 1.58. The first kappa shape index (κ1) is 17.8. The van der Waals surface area contributed by atoms with Gasteiger partial charge in [-0.05, 0) is 58.1 Å². The second-order valence-corrected chi connectivity index (χ2v) is 6.95. The number of aromatic nitrogens is 3. The fourth-order valence-corrected chi connectivity index (χ4v) is 2.78. The zero-order chi connectivity index (χ0) is 17.9. The molecule has 25 heavy (non-hydrogen) atoms. The van der Waals surface area contributed by atoms with Crippen LogP contribution in [0.25, 0.3) is 5.65 Å². The van der Waals surface area contributed by atoms with Crippen molar-refractivity contribution in [3.63, 3.8) is 0 Å². The number of aliphatic carboxylic acids is 1. The third-order valence-electron chi connectivity index (χ3n) is 4.57. The Morgan fingerprint density at radius 3 is 3.00 bits per heavy atom. The number of nitrogens with zero attached hydrogens (tertiary/aromatic N) is 3. The third-order valence-corrected chi connectivity index (χ3v) is 4.57.